The summed E-state index contributed by atoms with van der Waals surface area (Å²) in [5.41, 5.74) is 4.04. The highest BCUT2D eigenvalue weighted by Crippen LogP contribution is 2.43. The van der Waals surface area contributed by atoms with Crippen molar-refractivity contribution in [2.24, 2.45) is 5.73 Å². The molecule has 0 aliphatic carbocycles. The van der Waals surface area contributed by atoms with Gasteiger partial charge in [0.1, 0.15) is 18.3 Å². The van der Waals surface area contributed by atoms with Crippen LogP contribution in [0, 0.1) is 0 Å². The third kappa shape index (κ3) is 3.28. The molecular formula is C15H19N3O8. The molecule has 3 rings (SSSR count). The zero-order valence-electron chi connectivity index (χ0n) is 14.3. The van der Waals surface area contributed by atoms with E-state index in [9.17, 15) is 19.2 Å². The van der Waals surface area contributed by atoms with Gasteiger partial charge >= 0.3 is 11.7 Å². The van der Waals surface area contributed by atoms with Crippen LogP contribution in [0.2, 0.25) is 0 Å². The van der Waals surface area contributed by atoms with E-state index in [0.29, 0.717) is 0 Å². The van der Waals surface area contributed by atoms with E-state index in [1.165, 1.54) is 6.20 Å². The van der Waals surface area contributed by atoms with Crippen LogP contribution in [0.1, 0.15) is 27.0 Å². The van der Waals surface area contributed by atoms with E-state index in [2.05, 4.69) is 4.98 Å². The number of fused-ring (bicyclic) bond motifs is 1. The maximum atomic E-state index is 12.1. The van der Waals surface area contributed by atoms with Crippen molar-refractivity contribution in [2.75, 3.05) is 0 Å². The van der Waals surface area contributed by atoms with E-state index in [4.69, 9.17) is 24.7 Å². The fraction of sp³-hybridized carbons (Fsp3) is 0.600. The fourth-order valence-corrected chi connectivity index (χ4v) is 3.17. The summed E-state index contributed by atoms with van der Waals surface area (Å²) >= 11 is 0. The van der Waals surface area contributed by atoms with Crippen molar-refractivity contribution < 1.29 is 28.5 Å². The first-order chi connectivity index (χ1) is 12.1. The molecule has 0 saturated carbocycles. The smallest absolute Gasteiger partial charge is 0.330 e. The molecular weight excluding hydrogens is 350 g/mol. The number of nitrogens with one attached hydrogen (secondary N) is 1. The van der Waals surface area contributed by atoms with Gasteiger partial charge in [0.15, 0.2) is 12.0 Å². The maximum absolute atomic E-state index is 12.1. The van der Waals surface area contributed by atoms with Crippen LogP contribution in [-0.2, 0) is 28.5 Å². The van der Waals surface area contributed by atoms with Gasteiger partial charge in [-0.2, -0.15) is 0 Å². The van der Waals surface area contributed by atoms with Gasteiger partial charge in [0, 0.05) is 19.2 Å². The molecule has 11 nitrogen and oxygen atoms in total. The second-order valence-corrected chi connectivity index (χ2v) is 6.51. The van der Waals surface area contributed by atoms with Gasteiger partial charge in [-0.05, 0) is 13.8 Å². The van der Waals surface area contributed by atoms with Gasteiger partial charge in [0.05, 0.1) is 0 Å². The number of hydrogen-bond acceptors (Lipinski definition) is 8. The minimum atomic E-state index is -1.43. The van der Waals surface area contributed by atoms with Crippen LogP contribution < -0.4 is 17.0 Å². The fourth-order valence-electron chi connectivity index (χ4n) is 3.17. The molecule has 0 spiro atoms. The number of nitrogens with zero attached hydrogens (tertiary/aromatic N) is 1. The highest BCUT2D eigenvalue weighted by Gasteiger charge is 2.59. The molecule has 0 radical (unpaired) electrons. The number of H-pyrrole nitrogens is 1. The Kier molecular flexibility index (Phi) is 4.46. The summed E-state index contributed by atoms with van der Waals surface area (Å²) in [6.45, 7) is 4.43. The predicted octanol–water partition coefficient (Wildman–Crippen LogP) is -1.63. The van der Waals surface area contributed by atoms with Crippen LogP contribution in [0.4, 0.5) is 0 Å². The lowest BCUT2D eigenvalue weighted by atomic mass is 10.0. The molecule has 2 saturated heterocycles. The first-order valence-electron chi connectivity index (χ1n) is 7.88. The monoisotopic (exact) mass is 369 g/mol. The summed E-state index contributed by atoms with van der Waals surface area (Å²) in [7, 11) is 0. The molecule has 26 heavy (non-hydrogen) atoms. The number of carbonyl (C=O) groups excluding carboxylic acids is 2. The molecule has 5 atom stereocenters. The highest BCUT2D eigenvalue weighted by atomic mass is 16.8. The number of aromatic amines is 1. The number of hydrogen-bond donors (Lipinski definition) is 2. The van der Waals surface area contributed by atoms with Crippen LogP contribution in [0.3, 0.4) is 0 Å². The Labute approximate surface area is 147 Å². The lowest BCUT2D eigenvalue weighted by molar-refractivity contribution is -0.211. The van der Waals surface area contributed by atoms with Crippen LogP contribution in [0.25, 0.3) is 0 Å². The molecule has 2 aliphatic rings. The lowest BCUT2D eigenvalue weighted by Crippen LogP contribution is -2.48. The number of amides is 1. The molecule has 1 aromatic rings. The van der Waals surface area contributed by atoms with E-state index in [0.717, 1.165) is 17.6 Å². The summed E-state index contributed by atoms with van der Waals surface area (Å²) in [6.07, 6.45) is -3.92. The van der Waals surface area contributed by atoms with Crippen molar-refractivity contribution >= 4 is 11.9 Å². The molecule has 0 aromatic carbocycles. The Morgan fingerprint density at radius 1 is 1.31 bits per heavy atom. The summed E-state index contributed by atoms with van der Waals surface area (Å²) < 4.78 is 23.4. The summed E-state index contributed by atoms with van der Waals surface area (Å²) in [5.74, 6) is -2.68. The standard InChI is InChI=1S/C15H19N3O8/c1-6(19)23-10(12(16)21)8-9-11(26-15(2,3)25-9)13(24-8)18-5-4-7(20)17-14(18)22/h4-5,8-11,13H,1-3H3,(H2,16,21)(H,17,20,22)/t8-,9+,10?,11+,13+/m0/s1. The van der Waals surface area contributed by atoms with Gasteiger partial charge in [0.2, 0.25) is 6.10 Å². The van der Waals surface area contributed by atoms with Crippen molar-refractivity contribution in [3.05, 3.63) is 33.1 Å². The summed E-state index contributed by atoms with van der Waals surface area (Å²) in [4.78, 5) is 48.6. The van der Waals surface area contributed by atoms with E-state index in [1.807, 2.05) is 0 Å². The van der Waals surface area contributed by atoms with Gasteiger partial charge in [-0.25, -0.2) is 4.79 Å². The topological polar surface area (TPSA) is 152 Å². The van der Waals surface area contributed by atoms with E-state index >= 15 is 0 Å². The minimum absolute atomic E-state index is 0.573. The first-order valence-corrected chi connectivity index (χ1v) is 7.88. The average Bonchev–Trinajstić information content (AvgIpc) is 2.98. The minimum Gasteiger partial charge on any atom is -0.449 e. The SMILES string of the molecule is CC(=O)OC(C(N)=O)[C@H]1O[C@@H](n2ccc(=O)[nH]c2=O)[C@@H]2OC(C)(C)O[C@@H]21. The largest absolute Gasteiger partial charge is 0.449 e. The Bertz CT molecular complexity index is 844. The second-order valence-electron chi connectivity index (χ2n) is 6.51. The molecule has 1 unspecified atom stereocenters. The number of rotatable bonds is 4. The van der Waals surface area contributed by atoms with E-state index in [1.54, 1.807) is 13.8 Å². The molecule has 11 heteroatoms. The Morgan fingerprint density at radius 3 is 2.54 bits per heavy atom. The van der Waals surface area contributed by atoms with Crippen molar-refractivity contribution in [3.63, 3.8) is 0 Å². The number of esters is 1. The third-order valence-corrected chi connectivity index (χ3v) is 4.06. The lowest BCUT2D eigenvalue weighted by Gasteiger charge is -2.27. The van der Waals surface area contributed by atoms with E-state index in [-0.39, 0.29) is 0 Å². The average molecular weight is 369 g/mol. The van der Waals surface area contributed by atoms with Gasteiger partial charge in [0.25, 0.3) is 11.5 Å². The number of primary amides is 1. The van der Waals surface area contributed by atoms with Gasteiger partial charge in [-0.1, -0.05) is 0 Å². The summed E-state index contributed by atoms with van der Waals surface area (Å²) in [5, 5.41) is 0. The van der Waals surface area contributed by atoms with Crippen molar-refractivity contribution in [1.29, 1.82) is 0 Å². The molecule has 0 bridgehead atoms. The van der Waals surface area contributed by atoms with Crippen molar-refractivity contribution in [3.8, 4) is 0 Å². The quantitative estimate of drug-likeness (QED) is 0.600. The molecule has 2 aliphatic heterocycles. The van der Waals surface area contributed by atoms with Gasteiger partial charge in [-0.15, -0.1) is 0 Å². The third-order valence-electron chi connectivity index (χ3n) is 4.06. The number of carbonyl (C=O) groups is 2. The number of nitrogens with two attached hydrogens (primary N) is 1. The normalized spacial score (nSPS) is 30.6. The van der Waals surface area contributed by atoms with Crippen LogP contribution in [0.5, 0.6) is 0 Å². The predicted molar refractivity (Wildman–Crippen MR) is 83.8 cm³/mol. The maximum Gasteiger partial charge on any atom is 0.330 e. The zero-order valence-corrected chi connectivity index (χ0v) is 14.3. The van der Waals surface area contributed by atoms with E-state index < -0.39 is 59.6 Å². The zero-order chi connectivity index (χ0) is 19.2. The van der Waals surface area contributed by atoms with Crippen molar-refractivity contribution in [1.82, 2.24) is 9.55 Å². The first kappa shape index (κ1) is 18.3. The van der Waals surface area contributed by atoms with Crippen LogP contribution >= 0.6 is 0 Å². The molecule has 3 N–H and O–H groups in total. The molecule has 142 valence electrons. The van der Waals surface area contributed by atoms with Crippen molar-refractivity contribution in [2.45, 2.75) is 57.2 Å². The number of ether oxygens (including phenoxy) is 4. The Hall–Kier alpha value is -2.50. The Morgan fingerprint density at radius 2 is 1.96 bits per heavy atom. The van der Waals surface area contributed by atoms with Gasteiger partial charge in [-0.3, -0.25) is 23.9 Å². The molecule has 3 heterocycles. The Balaban J connectivity index is 2.00. The molecule has 1 amide bonds. The number of aromatic nitrogens is 2. The van der Waals surface area contributed by atoms with Gasteiger partial charge < -0.3 is 24.7 Å². The van der Waals surface area contributed by atoms with Crippen LogP contribution in [-0.4, -0.2) is 51.6 Å². The summed E-state index contributed by atoms with van der Waals surface area (Å²) in [6, 6.07) is 1.14. The molecule has 2 fully saturated rings. The highest BCUT2D eigenvalue weighted by molar-refractivity contribution is 5.82. The second kappa shape index (κ2) is 6.34. The molecule has 1 aromatic heterocycles. The van der Waals surface area contributed by atoms with Crippen LogP contribution in [0.15, 0.2) is 21.9 Å².